The summed E-state index contributed by atoms with van der Waals surface area (Å²) in [6.07, 6.45) is 0.705. The van der Waals surface area contributed by atoms with E-state index in [0.29, 0.717) is 23.2 Å². The van der Waals surface area contributed by atoms with E-state index in [1.165, 1.54) is 0 Å². The molecule has 0 aliphatic heterocycles. The largest absolute Gasteiger partial charge is 0.497 e. The lowest BCUT2D eigenvalue weighted by Gasteiger charge is -2.06. The number of hydrogen-bond donors (Lipinski definition) is 2. The molecule has 2 aromatic carbocycles. The first kappa shape index (κ1) is 13.6. The Morgan fingerprint density at radius 3 is 2.50 bits per heavy atom. The van der Waals surface area contributed by atoms with Crippen LogP contribution >= 0.6 is 0 Å². The number of aldehydes is 1. The standard InChI is InChI=1S/C15H15N3O2/c1-20-12-7-5-10(6-8-12)15(17)18-14-11(9-19)3-2-4-13(14)16/h2-9H,16H2,1H3,(H2,17,18). The van der Waals surface area contributed by atoms with Crippen LogP contribution in [0.5, 0.6) is 5.75 Å². The molecule has 0 fully saturated rings. The van der Waals surface area contributed by atoms with Crippen LogP contribution in [0.15, 0.2) is 47.5 Å². The topological polar surface area (TPSA) is 90.7 Å². The van der Waals surface area contributed by atoms with Crippen molar-refractivity contribution < 1.29 is 9.53 Å². The number of para-hydroxylation sites is 1. The molecule has 102 valence electrons. The van der Waals surface area contributed by atoms with Gasteiger partial charge in [0, 0.05) is 11.1 Å². The molecule has 2 aromatic rings. The molecule has 0 radical (unpaired) electrons. The van der Waals surface area contributed by atoms with Crippen molar-refractivity contribution in [2.45, 2.75) is 0 Å². The lowest BCUT2D eigenvalue weighted by molar-refractivity contribution is 0.112. The molecule has 20 heavy (non-hydrogen) atoms. The van der Waals surface area contributed by atoms with Crippen LogP contribution in [0.2, 0.25) is 0 Å². The summed E-state index contributed by atoms with van der Waals surface area (Å²) < 4.78 is 5.08. The van der Waals surface area contributed by atoms with Gasteiger partial charge in [-0.15, -0.1) is 0 Å². The van der Waals surface area contributed by atoms with Crippen LogP contribution in [0.3, 0.4) is 0 Å². The minimum Gasteiger partial charge on any atom is -0.497 e. The van der Waals surface area contributed by atoms with E-state index >= 15 is 0 Å². The predicted molar refractivity (Wildman–Crippen MR) is 79.6 cm³/mol. The van der Waals surface area contributed by atoms with Crippen molar-refractivity contribution in [3.63, 3.8) is 0 Å². The molecule has 0 bridgehead atoms. The quantitative estimate of drug-likeness (QED) is 0.385. The highest BCUT2D eigenvalue weighted by molar-refractivity contribution is 6.01. The molecule has 5 nitrogen and oxygen atoms in total. The van der Waals surface area contributed by atoms with Crippen molar-refractivity contribution in [1.82, 2.24) is 0 Å². The summed E-state index contributed by atoms with van der Waals surface area (Å²) >= 11 is 0. The number of nitrogen functional groups attached to an aromatic ring is 1. The Kier molecular flexibility index (Phi) is 4.00. The van der Waals surface area contributed by atoms with E-state index in [0.717, 1.165) is 11.3 Å². The van der Waals surface area contributed by atoms with Crippen LogP contribution < -0.4 is 16.2 Å². The molecule has 5 heteroatoms. The summed E-state index contributed by atoms with van der Waals surface area (Å²) in [5.74, 6) is 1.02. The summed E-state index contributed by atoms with van der Waals surface area (Å²) in [6, 6.07) is 12.2. The molecule has 0 atom stereocenters. The van der Waals surface area contributed by atoms with Gasteiger partial charge in [-0.3, -0.25) is 4.79 Å². The lowest BCUT2D eigenvalue weighted by atomic mass is 10.1. The number of rotatable bonds is 4. The van der Waals surface area contributed by atoms with Crippen molar-refractivity contribution in [3.05, 3.63) is 53.6 Å². The zero-order valence-corrected chi connectivity index (χ0v) is 11.0. The highest BCUT2D eigenvalue weighted by Gasteiger charge is 2.06. The van der Waals surface area contributed by atoms with Crippen LogP contribution in [-0.2, 0) is 0 Å². The third-order valence-corrected chi connectivity index (χ3v) is 2.84. The zero-order chi connectivity index (χ0) is 14.5. The number of benzene rings is 2. The Morgan fingerprint density at radius 2 is 1.90 bits per heavy atom. The predicted octanol–water partition coefficient (Wildman–Crippen LogP) is 2.13. The second-order valence-electron chi connectivity index (χ2n) is 4.13. The van der Waals surface area contributed by atoms with Crippen LogP contribution in [0.25, 0.3) is 0 Å². The molecule has 0 saturated heterocycles. The molecular weight excluding hydrogens is 254 g/mol. The third kappa shape index (κ3) is 2.77. The molecule has 0 spiro atoms. The molecule has 0 unspecified atom stereocenters. The van der Waals surface area contributed by atoms with Gasteiger partial charge in [0.05, 0.1) is 18.5 Å². The third-order valence-electron chi connectivity index (χ3n) is 2.84. The van der Waals surface area contributed by atoms with Crippen LogP contribution in [0, 0.1) is 0 Å². The van der Waals surface area contributed by atoms with Gasteiger partial charge in [-0.05, 0) is 36.4 Å². The summed E-state index contributed by atoms with van der Waals surface area (Å²) in [7, 11) is 1.59. The Hall–Kier alpha value is -2.82. The maximum Gasteiger partial charge on any atom is 0.152 e. The Morgan fingerprint density at radius 1 is 1.20 bits per heavy atom. The molecular formula is C15H15N3O2. The van der Waals surface area contributed by atoms with Gasteiger partial charge < -0.3 is 16.2 Å². The first-order valence-corrected chi connectivity index (χ1v) is 5.98. The van der Waals surface area contributed by atoms with E-state index in [1.54, 1.807) is 49.6 Å². The number of nitrogens with zero attached hydrogens (tertiary/aromatic N) is 1. The molecule has 0 aromatic heterocycles. The number of carbonyl (C=O) groups is 1. The lowest BCUT2D eigenvalue weighted by Crippen LogP contribution is -2.13. The van der Waals surface area contributed by atoms with E-state index in [1.807, 2.05) is 0 Å². The van der Waals surface area contributed by atoms with E-state index in [4.69, 9.17) is 16.2 Å². The van der Waals surface area contributed by atoms with Gasteiger partial charge in [0.15, 0.2) is 6.29 Å². The van der Waals surface area contributed by atoms with Gasteiger partial charge in [0.2, 0.25) is 0 Å². The Labute approximate surface area is 116 Å². The molecule has 2 rings (SSSR count). The number of amidine groups is 1. The van der Waals surface area contributed by atoms with Gasteiger partial charge >= 0.3 is 0 Å². The van der Waals surface area contributed by atoms with Crippen molar-refractivity contribution in [1.29, 1.82) is 0 Å². The summed E-state index contributed by atoms with van der Waals surface area (Å²) in [6.45, 7) is 0. The maximum atomic E-state index is 11.0. The average molecular weight is 269 g/mol. The first-order chi connectivity index (χ1) is 9.65. The number of nitrogens with two attached hydrogens (primary N) is 2. The molecule has 0 amide bonds. The van der Waals surface area contributed by atoms with E-state index in [-0.39, 0.29) is 5.84 Å². The average Bonchev–Trinajstić information content (AvgIpc) is 2.49. The summed E-state index contributed by atoms with van der Waals surface area (Å²) in [5, 5.41) is 0. The Balaban J connectivity index is 2.41. The van der Waals surface area contributed by atoms with E-state index in [9.17, 15) is 4.79 Å². The minimum absolute atomic E-state index is 0.286. The first-order valence-electron chi connectivity index (χ1n) is 5.98. The van der Waals surface area contributed by atoms with Crippen molar-refractivity contribution in [2.24, 2.45) is 10.7 Å². The monoisotopic (exact) mass is 269 g/mol. The molecule has 4 N–H and O–H groups in total. The smallest absolute Gasteiger partial charge is 0.152 e. The van der Waals surface area contributed by atoms with Crippen LogP contribution in [-0.4, -0.2) is 19.2 Å². The molecule has 0 heterocycles. The van der Waals surface area contributed by atoms with Gasteiger partial charge in [0.25, 0.3) is 0 Å². The number of carbonyl (C=O) groups excluding carboxylic acids is 1. The van der Waals surface area contributed by atoms with Crippen LogP contribution in [0.1, 0.15) is 15.9 Å². The van der Waals surface area contributed by atoms with Crippen LogP contribution in [0.4, 0.5) is 11.4 Å². The Bertz CT molecular complexity index is 649. The van der Waals surface area contributed by atoms with E-state index < -0.39 is 0 Å². The molecule has 0 aliphatic rings. The van der Waals surface area contributed by atoms with E-state index in [2.05, 4.69) is 4.99 Å². The van der Waals surface area contributed by atoms with Crippen molar-refractivity contribution in [2.75, 3.05) is 12.8 Å². The van der Waals surface area contributed by atoms with Gasteiger partial charge in [-0.25, -0.2) is 4.99 Å². The number of hydrogen-bond acceptors (Lipinski definition) is 4. The highest BCUT2D eigenvalue weighted by Crippen LogP contribution is 2.26. The fourth-order valence-electron chi connectivity index (χ4n) is 1.75. The minimum atomic E-state index is 0.286. The van der Waals surface area contributed by atoms with Gasteiger partial charge in [-0.2, -0.15) is 0 Å². The van der Waals surface area contributed by atoms with Crippen molar-refractivity contribution in [3.8, 4) is 5.75 Å². The zero-order valence-electron chi connectivity index (χ0n) is 11.0. The number of methoxy groups -OCH3 is 1. The highest BCUT2D eigenvalue weighted by atomic mass is 16.5. The summed E-state index contributed by atoms with van der Waals surface area (Å²) in [5.41, 5.74) is 13.7. The van der Waals surface area contributed by atoms with Gasteiger partial charge in [-0.1, -0.05) is 6.07 Å². The van der Waals surface area contributed by atoms with Crippen molar-refractivity contribution >= 4 is 23.5 Å². The second kappa shape index (κ2) is 5.88. The number of ether oxygens (including phenoxy) is 1. The normalized spacial score (nSPS) is 11.2. The second-order valence-corrected chi connectivity index (χ2v) is 4.13. The summed E-state index contributed by atoms with van der Waals surface area (Å²) in [4.78, 5) is 15.3. The van der Waals surface area contributed by atoms with Gasteiger partial charge in [0.1, 0.15) is 11.6 Å². The number of anilines is 1. The molecule has 0 saturated carbocycles. The number of aliphatic imine (C=N–C) groups is 1. The maximum absolute atomic E-state index is 11.0. The SMILES string of the molecule is COc1ccc(C(N)=Nc2c(N)cccc2C=O)cc1. The fourth-order valence-corrected chi connectivity index (χ4v) is 1.75. The fraction of sp³-hybridized carbons (Fsp3) is 0.0667. The molecule has 0 aliphatic carbocycles.